The molecule has 1 heterocycles. The molecule has 162 valence electrons. The lowest BCUT2D eigenvalue weighted by Gasteiger charge is -2.15. The van der Waals surface area contributed by atoms with Crippen molar-refractivity contribution in [2.45, 2.75) is 33.9 Å². The van der Waals surface area contributed by atoms with E-state index in [1.165, 1.54) is 0 Å². The molecular weight excluding hydrogens is 398 g/mol. The van der Waals surface area contributed by atoms with Crippen LogP contribution in [0.25, 0.3) is 10.9 Å². The van der Waals surface area contributed by atoms with Crippen LogP contribution >= 0.6 is 0 Å². The van der Waals surface area contributed by atoms with Crippen molar-refractivity contribution in [1.29, 1.82) is 0 Å². The average molecular weight is 426 g/mol. The van der Waals surface area contributed by atoms with E-state index in [2.05, 4.69) is 10.6 Å². The van der Waals surface area contributed by atoms with Crippen molar-refractivity contribution in [3.8, 4) is 0 Å². The van der Waals surface area contributed by atoms with Crippen molar-refractivity contribution in [2.24, 2.45) is 0 Å². The van der Waals surface area contributed by atoms with Gasteiger partial charge in [-0.1, -0.05) is 48.0 Å². The van der Waals surface area contributed by atoms with Crippen LogP contribution in [0.2, 0.25) is 0 Å². The highest BCUT2D eigenvalue weighted by molar-refractivity contribution is 5.92. The molecule has 0 bridgehead atoms. The molecule has 0 saturated carbocycles. The second-order valence-electron chi connectivity index (χ2n) is 8.21. The smallest absolute Gasteiger partial charge is 0.256 e. The number of carbonyl (C=O) groups is 1. The van der Waals surface area contributed by atoms with Crippen LogP contribution in [0.4, 0.5) is 11.4 Å². The molecule has 1 aromatic heterocycles. The molecule has 1 amide bonds. The number of hydrogen-bond donors (Lipinski definition) is 2. The molecule has 4 rings (SSSR count). The van der Waals surface area contributed by atoms with Crippen molar-refractivity contribution in [1.82, 2.24) is 4.57 Å². The zero-order valence-electron chi connectivity index (χ0n) is 18.6. The molecule has 3 aromatic carbocycles. The Kier molecular flexibility index (Phi) is 6.08. The lowest BCUT2D eigenvalue weighted by atomic mass is 10.1. The third-order valence-corrected chi connectivity index (χ3v) is 5.54. The largest absolute Gasteiger partial charge is 0.381 e. The molecule has 0 spiro atoms. The summed E-state index contributed by atoms with van der Waals surface area (Å²) in [5.74, 6) is -0.227. The lowest BCUT2D eigenvalue weighted by Crippen LogP contribution is -2.31. The zero-order valence-corrected chi connectivity index (χ0v) is 18.6. The van der Waals surface area contributed by atoms with Crippen LogP contribution in [0.1, 0.15) is 22.3 Å². The highest BCUT2D eigenvalue weighted by Crippen LogP contribution is 2.19. The average Bonchev–Trinajstić information content (AvgIpc) is 2.77. The summed E-state index contributed by atoms with van der Waals surface area (Å²) < 4.78 is 1.57. The Labute approximate surface area is 187 Å². The first-order valence-corrected chi connectivity index (χ1v) is 10.7. The van der Waals surface area contributed by atoms with Gasteiger partial charge in [0.1, 0.15) is 6.54 Å². The molecule has 0 saturated heterocycles. The van der Waals surface area contributed by atoms with E-state index in [9.17, 15) is 9.59 Å². The van der Waals surface area contributed by atoms with E-state index in [1.807, 2.05) is 93.6 Å². The normalized spacial score (nSPS) is 10.8. The maximum atomic E-state index is 13.4. The molecule has 0 fully saturated rings. The topological polar surface area (TPSA) is 63.1 Å². The summed E-state index contributed by atoms with van der Waals surface area (Å²) in [7, 11) is 0. The van der Waals surface area contributed by atoms with Gasteiger partial charge < -0.3 is 10.6 Å². The zero-order chi connectivity index (χ0) is 22.7. The van der Waals surface area contributed by atoms with Crippen LogP contribution in [0.3, 0.4) is 0 Å². The molecule has 0 aliphatic carbocycles. The summed E-state index contributed by atoms with van der Waals surface area (Å²) in [6.45, 7) is 6.29. The number of nitrogens with zero attached hydrogens (tertiary/aromatic N) is 1. The Morgan fingerprint density at radius 1 is 0.875 bits per heavy atom. The minimum atomic E-state index is -0.227. The number of amides is 1. The molecule has 0 radical (unpaired) electrons. The first kappa shape index (κ1) is 21.4. The first-order valence-electron chi connectivity index (χ1n) is 10.7. The molecule has 5 nitrogen and oxygen atoms in total. The maximum Gasteiger partial charge on any atom is 0.256 e. The minimum absolute atomic E-state index is 0.0503. The number of aromatic nitrogens is 1. The fourth-order valence-electron chi connectivity index (χ4n) is 3.87. The fourth-order valence-corrected chi connectivity index (χ4v) is 3.87. The van der Waals surface area contributed by atoms with E-state index in [4.69, 9.17) is 0 Å². The van der Waals surface area contributed by atoms with Crippen LogP contribution in [-0.2, 0) is 17.9 Å². The number of aryl methyl sites for hydroxylation is 3. The van der Waals surface area contributed by atoms with Gasteiger partial charge in [-0.3, -0.25) is 14.2 Å². The Bertz CT molecular complexity index is 1340. The second kappa shape index (κ2) is 9.10. The first-order chi connectivity index (χ1) is 15.4. The number of anilines is 2. The molecule has 0 unspecified atom stereocenters. The van der Waals surface area contributed by atoms with E-state index in [-0.39, 0.29) is 18.0 Å². The Morgan fingerprint density at radius 3 is 2.34 bits per heavy atom. The quantitative estimate of drug-likeness (QED) is 0.448. The number of pyridine rings is 1. The standard InChI is InChI=1S/C27H27N3O2/c1-18-10-12-24(20(3)13-18)29-26(31)17-30-25-14-19(2)9-11-21(25)15-22(27(30)32)16-28-23-7-5-4-6-8-23/h4-15,28H,16-17H2,1-3H3,(H,29,31). The highest BCUT2D eigenvalue weighted by atomic mass is 16.2. The molecule has 4 aromatic rings. The van der Waals surface area contributed by atoms with Gasteiger partial charge in [-0.05, 0) is 67.6 Å². The number of benzene rings is 3. The number of fused-ring (bicyclic) bond motifs is 1. The number of rotatable bonds is 6. The maximum absolute atomic E-state index is 13.4. The number of nitrogens with one attached hydrogen (secondary N) is 2. The van der Waals surface area contributed by atoms with E-state index < -0.39 is 0 Å². The fraction of sp³-hybridized carbons (Fsp3) is 0.185. The van der Waals surface area contributed by atoms with Crippen LogP contribution in [0.5, 0.6) is 0 Å². The number of carbonyl (C=O) groups excluding carboxylic acids is 1. The third-order valence-electron chi connectivity index (χ3n) is 5.54. The van der Waals surface area contributed by atoms with E-state index in [0.717, 1.165) is 39.0 Å². The molecule has 0 aliphatic heterocycles. The van der Waals surface area contributed by atoms with Gasteiger partial charge in [0.25, 0.3) is 5.56 Å². The van der Waals surface area contributed by atoms with Crippen LogP contribution in [0.15, 0.2) is 77.6 Å². The summed E-state index contributed by atoms with van der Waals surface area (Å²) in [4.78, 5) is 26.3. The van der Waals surface area contributed by atoms with E-state index >= 15 is 0 Å². The van der Waals surface area contributed by atoms with Gasteiger partial charge in [-0.15, -0.1) is 0 Å². The molecule has 5 heteroatoms. The summed E-state index contributed by atoms with van der Waals surface area (Å²) in [6.07, 6.45) is 0. The van der Waals surface area contributed by atoms with E-state index in [0.29, 0.717) is 12.1 Å². The second-order valence-corrected chi connectivity index (χ2v) is 8.21. The van der Waals surface area contributed by atoms with E-state index in [1.54, 1.807) is 4.57 Å². The summed E-state index contributed by atoms with van der Waals surface area (Å²) in [6, 6.07) is 23.5. The van der Waals surface area contributed by atoms with Gasteiger partial charge in [0, 0.05) is 23.5 Å². The van der Waals surface area contributed by atoms with Crippen molar-refractivity contribution in [3.63, 3.8) is 0 Å². The summed E-state index contributed by atoms with van der Waals surface area (Å²) >= 11 is 0. The van der Waals surface area contributed by atoms with Crippen LogP contribution in [0, 0.1) is 20.8 Å². The Hall–Kier alpha value is -3.86. The number of para-hydroxylation sites is 1. The van der Waals surface area contributed by atoms with Crippen molar-refractivity contribution < 1.29 is 4.79 Å². The van der Waals surface area contributed by atoms with Gasteiger partial charge in [0.2, 0.25) is 5.91 Å². The highest BCUT2D eigenvalue weighted by Gasteiger charge is 2.14. The summed E-state index contributed by atoms with van der Waals surface area (Å²) in [5.41, 5.74) is 6.08. The Morgan fingerprint density at radius 2 is 1.59 bits per heavy atom. The molecule has 32 heavy (non-hydrogen) atoms. The van der Waals surface area contributed by atoms with Crippen molar-refractivity contribution in [3.05, 3.63) is 105 Å². The van der Waals surface area contributed by atoms with Crippen LogP contribution < -0.4 is 16.2 Å². The van der Waals surface area contributed by atoms with Crippen molar-refractivity contribution in [2.75, 3.05) is 10.6 Å². The van der Waals surface area contributed by atoms with Crippen LogP contribution in [-0.4, -0.2) is 10.5 Å². The predicted molar refractivity (Wildman–Crippen MR) is 131 cm³/mol. The van der Waals surface area contributed by atoms with Gasteiger partial charge in [-0.25, -0.2) is 0 Å². The van der Waals surface area contributed by atoms with Crippen molar-refractivity contribution >= 4 is 28.2 Å². The van der Waals surface area contributed by atoms with Gasteiger partial charge in [0.15, 0.2) is 0 Å². The molecular formula is C27H27N3O2. The van der Waals surface area contributed by atoms with Gasteiger partial charge in [-0.2, -0.15) is 0 Å². The van der Waals surface area contributed by atoms with Gasteiger partial charge >= 0.3 is 0 Å². The predicted octanol–water partition coefficient (Wildman–Crippen LogP) is 5.18. The van der Waals surface area contributed by atoms with Gasteiger partial charge in [0.05, 0.1) is 5.52 Å². The monoisotopic (exact) mass is 425 g/mol. The molecule has 0 aliphatic rings. The SMILES string of the molecule is Cc1ccc(NC(=O)Cn2c(=O)c(CNc3ccccc3)cc3ccc(C)cc32)c(C)c1. The third kappa shape index (κ3) is 4.72. The Balaban J connectivity index is 1.66. The summed E-state index contributed by atoms with van der Waals surface area (Å²) in [5, 5.41) is 7.18. The lowest BCUT2D eigenvalue weighted by molar-refractivity contribution is -0.116. The number of hydrogen-bond acceptors (Lipinski definition) is 3. The molecule has 0 atom stereocenters. The molecule has 2 N–H and O–H groups in total. The minimum Gasteiger partial charge on any atom is -0.381 e.